The Morgan fingerprint density at radius 1 is 1.45 bits per heavy atom. The van der Waals surface area contributed by atoms with Gasteiger partial charge < -0.3 is 14.0 Å². The number of aliphatic hydroxyl groups is 1. The van der Waals surface area contributed by atoms with Crippen molar-refractivity contribution in [2.45, 2.75) is 19.3 Å². The van der Waals surface area contributed by atoms with Gasteiger partial charge in [0.2, 0.25) is 0 Å². The van der Waals surface area contributed by atoms with E-state index in [1.807, 2.05) is 13.0 Å². The maximum atomic E-state index is 14.1. The summed E-state index contributed by atoms with van der Waals surface area (Å²) in [5.74, 6) is -0.146. The summed E-state index contributed by atoms with van der Waals surface area (Å²) in [6.07, 6.45) is 4.13. The van der Waals surface area contributed by atoms with Crippen LogP contribution in [0.5, 0.6) is 5.75 Å². The summed E-state index contributed by atoms with van der Waals surface area (Å²) in [7, 11) is 0. The van der Waals surface area contributed by atoms with Gasteiger partial charge in [0, 0.05) is 5.92 Å². The Bertz CT molecular complexity index is 622. The number of aliphatic hydroxyl groups excluding tert-OH is 1. The first kappa shape index (κ1) is 16.6. The van der Waals surface area contributed by atoms with E-state index in [1.54, 1.807) is 18.2 Å². The van der Waals surface area contributed by atoms with Gasteiger partial charge in [-0.15, -0.1) is 0 Å². The van der Waals surface area contributed by atoms with Crippen LogP contribution in [0.4, 0.5) is 4.39 Å². The number of benzene rings is 1. The molecule has 1 aromatic carbocycles. The van der Waals surface area contributed by atoms with Gasteiger partial charge in [-0.3, -0.25) is 0 Å². The third kappa shape index (κ3) is 3.93. The molecule has 1 N–H and O–H groups in total. The predicted octanol–water partition coefficient (Wildman–Crippen LogP) is 4.74. The molecule has 2 rings (SSSR count). The summed E-state index contributed by atoms with van der Waals surface area (Å²) in [6.45, 7) is 6.02. The van der Waals surface area contributed by atoms with Gasteiger partial charge in [-0.05, 0) is 50.0 Å². The van der Waals surface area contributed by atoms with Crippen molar-refractivity contribution < 1.29 is 18.4 Å². The lowest BCUT2D eigenvalue weighted by Gasteiger charge is -2.20. The summed E-state index contributed by atoms with van der Waals surface area (Å²) in [6, 6.07) is 5.23. The van der Waals surface area contributed by atoms with Gasteiger partial charge in [0.25, 0.3) is 0 Å². The van der Waals surface area contributed by atoms with Crippen molar-refractivity contribution in [3.05, 3.63) is 59.5 Å². The highest BCUT2D eigenvalue weighted by Gasteiger charge is 2.21. The van der Waals surface area contributed by atoms with Gasteiger partial charge in [0.15, 0.2) is 0 Å². The van der Waals surface area contributed by atoms with Crippen molar-refractivity contribution in [1.82, 2.24) is 0 Å². The second-order valence-corrected chi connectivity index (χ2v) is 5.41. The lowest BCUT2D eigenvalue weighted by Crippen LogP contribution is -2.07. The van der Waals surface area contributed by atoms with Crippen LogP contribution in [0.1, 0.15) is 30.4 Å². The molecule has 1 atom stereocenters. The minimum Gasteiger partial charge on any atom is -0.508 e. The average molecular weight is 322 g/mol. The van der Waals surface area contributed by atoms with E-state index >= 15 is 0 Å². The van der Waals surface area contributed by atoms with E-state index in [1.165, 1.54) is 6.08 Å². The third-order valence-electron chi connectivity index (χ3n) is 3.52. The summed E-state index contributed by atoms with van der Waals surface area (Å²) in [4.78, 5) is 0. The maximum Gasteiger partial charge on any atom is 0.130 e. The van der Waals surface area contributed by atoms with Crippen LogP contribution in [0.25, 0.3) is 5.76 Å². The van der Waals surface area contributed by atoms with Gasteiger partial charge >= 0.3 is 0 Å². The van der Waals surface area contributed by atoms with Gasteiger partial charge in [-0.2, -0.15) is 0 Å². The molecule has 5 heteroatoms. The zero-order chi connectivity index (χ0) is 16.1. The fourth-order valence-corrected chi connectivity index (χ4v) is 2.47. The van der Waals surface area contributed by atoms with Crippen LogP contribution in [-0.2, 0) is 4.18 Å². The number of rotatable bonds is 6. The van der Waals surface area contributed by atoms with E-state index in [0.717, 1.165) is 11.1 Å². The van der Waals surface area contributed by atoms with Crippen molar-refractivity contribution in [1.29, 1.82) is 0 Å². The van der Waals surface area contributed by atoms with Crippen LogP contribution in [0.3, 0.4) is 0 Å². The van der Waals surface area contributed by atoms with Crippen LogP contribution in [0, 0.1) is 0 Å². The number of thiol groups is 1. The number of ether oxygens (including phenoxy) is 1. The molecule has 0 spiro atoms. The van der Waals surface area contributed by atoms with E-state index in [9.17, 15) is 9.50 Å². The van der Waals surface area contributed by atoms with E-state index in [4.69, 9.17) is 4.74 Å². The summed E-state index contributed by atoms with van der Waals surface area (Å²) < 4.78 is 24.3. The Balaban J connectivity index is 2.26. The molecule has 22 heavy (non-hydrogen) atoms. The quantitative estimate of drug-likeness (QED) is 0.344. The minimum atomic E-state index is -0.336. The lowest BCUT2D eigenvalue weighted by molar-refractivity contribution is 0.240. The topological polar surface area (TPSA) is 38.7 Å². The second-order valence-electron chi connectivity index (χ2n) is 5.15. The highest BCUT2D eigenvalue weighted by molar-refractivity contribution is 7.75. The molecule has 0 saturated heterocycles. The smallest absolute Gasteiger partial charge is 0.130 e. The van der Waals surface area contributed by atoms with Gasteiger partial charge in [-0.25, -0.2) is 4.39 Å². The van der Waals surface area contributed by atoms with E-state index in [2.05, 4.69) is 23.7 Å². The van der Waals surface area contributed by atoms with Crippen LogP contribution in [-0.4, -0.2) is 18.3 Å². The second kappa shape index (κ2) is 7.51. The van der Waals surface area contributed by atoms with Crippen molar-refractivity contribution in [2.24, 2.45) is 0 Å². The average Bonchev–Trinajstić information content (AvgIpc) is 2.48. The Kier molecular flexibility index (Phi) is 5.69. The van der Waals surface area contributed by atoms with Gasteiger partial charge in [0.1, 0.15) is 23.9 Å². The highest BCUT2D eigenvalue weighted by Crippen LogP contribution is 2.36. The summed E-state index contributed by atoms with van der Waals surface area (Å²) in [5.41, 5.74) is 2.16. The molecule has 0 aromatic heterocycles. The molecular formula is C17H19FO3S. The molecule has 0 amide bonds. The van der Waals surface area contributed by atoms with Gasteiger partial charge in [-0.1, -0.05) is 24.3 Å². The maximum absolute atomic E-state index is 14.1. The minimum absolute atomic E-state index is 0.115. The zero-order valence-electron chi connectivity index (χ0n) is 12.4. The predicted molar refractivity (Wildman–Crippen MR) is 88.8 cm³/mol. The largest absolute Gasteiger partial charge is 0.508 e. The Morgan fingerprint density at radius 3 is 2.86 bits per heavy atom. The standard InChI is InChI=1S/C17H19FO3S/c1-11-3-5-14(16(18)9-11)13-4-6-17(20-7-8-21-22)15(10-13)12(2)19/h3-4,6,9-10,14,19,22H,2,5,7-8H2,1H3. The number of hydrogen-bond donors (Lipinski definition) is 2. The van der Waals surface area contributed by atoms with Crippen LogP contribution < -0.4 is 4.74 Å². The molecular weight excluding hydrogens is 303 g/mol. The monoisotopic (exact) mass is 322 g/mol. The number of hydrogen-bond acceptors (Lipinski definition) is 4. The molecule has 0 fully saturated rings. The molecule has 3 nitrogen and oxygen atoms in total. The van der Waals surface area contributed by atoms with E-state index < -0.39 is 0 Å². The van der Waals surface area contributed by atoms with Crippen molar-refractivity contribution in [3.8, 4) is 5.75 Å². The van der Waals surface area contributed by atoms with E-state index in [0.29, 0.717) is 30.9 Å². The number of allylic oxidation sites excluding steroid dienone is 4. The first-order valence-electron chi connectivity index (χ1n) is 6.98. The van der Waals surface area contributed by atoms with Crippen LogP contribution in [0.15, 0.2) is 48.3 Å². The highest BCUT2D eigenvalue weighted by atomic mass is 32.1. The first-order valence-corrected chi connectivity index (χ1v) is 7.34. The number of halogens is 1. The summed E-state index contributed by atoms with van der Waals surface area (Å²) in [5, 5.41) is 9.75. The molecule has 1 aromatic rings. The fourth-order valence-electron chi connectivity index (χ4n) is 2.39. The Hall–Kier alpha value is -1.72. The molecule has 1 aliphatic rings. The van der Waals surface area contributed by atoms with Crippen molar-refractivity contribution in [2.75, 3.05) is 13.2 Å². The molecule has 1 unspecified atom stereocenters. The fraction of sp³-hybridized carbons (Fsp3) is 0.294. The normalized spacial score (nSPS) is 17.7. The molecule has 118 valence electrons. The Morgan fingerprint density at radius 2 is 2.23 bits per heavy atom. The van der Waals surface area contributed by atoms with Crippen molar-refractivity contribution in [3.63, 3.8) is 0 Å². The molecule has 0 heterocycles. The Labute approximate surface area is 135 Å². The van der Waals surface area contributed by atoms with Crippen LogP contribution >= 0.6 is 12.9 Å². The molecule has 0 aliphatic heterocycles. The SMILES string of the molecule is C=C(O)c1cc(C2CC=C(C)C=C2F)ccc1OCCOS. The van der Waals surface area contributed by atoms with Crippen LogP contribution in [0.2, 0.25) is 0 Å². The summed E-state index contributed by atoms with van der Waals surface area (Å²) >= 11 is 3.64. The molecule has 0 bridgehead atoms. The molecule has 0 radical (unpaired) electrons. The van der Waals surface area contributed by atoms with Gasteiger partial charge in [0.05, 0.1) is 12.2 Å². The first-order chi connectivity index (χ1) is 10.5. The third-order valence-corrected chi connectivity index (χ3v) is 3.71. The van der Waals surface area contributed by atoms with Crippen molar-refractivity contribution >= 4 is 18.7 Å². The zero-order valence-corrected chi connectivity index (χ0v) is 13.3. The lowest BCUT2D eigenvalue weighted by atomic mass is 9.88. The molecule has 1 aliphatic carbocycles. The molecule has 0 saturated carbocycles. The van der Waals surface area contributed by atoms with E-state index in [-0.39, 0.29) is 17.5 Å².